The minimum atomic E-state index is -0.784. The number of aryl methyl sites for hydroxylation is 1. The lowest BCUT2D eigenvalue weighted by molar-refractivity contribution is -0.118. The van der Waals surface area contributed by atoms with Crippen LogP contribution in [0.1, 0.15) is 52.7 Å². The smallest absolute Gasteiger partial charge is 0.294 e. The highest BCUT2D eigenvalue weighted by Crippen LogP contribution is 2.28. The Labute approximate surface area is 168 Å². The maximum absolute atomic E-state index is 13.4. The molecule has 0 saturated heterocycles. The number of amides is 2. The Hall–Kier alpha value is -2.67. The molecule has 0 radical (unpaired) electrons. The maximum Gasteiger partial charge on any atom is 0.294 e. The van der Waals surface area contributed by atoms with Gasteiger partial charge >= 0.3 is 0 Å². The van der Waals surface area contributed by atoms with Crippen LogP contribution in [0.4, 0.5) is 10.1 Å². The van der Waals surface area contributed by atoms with E-state index in [1.54, 1.807) is 34.6 Å². The van der Waals surface area contributed by atoms with Crippen LogP contribution in [0.25, 0.3) is 0 Å². The lowest BCUT2D eigenvalue weighted by atomic mass is 10.1. The second-order valence-electron chi connectivity index (χ2n) is 7.65. The topological polar surface area (TPSA) is 80.2 Å². The number of aromatic nitrogens is 1. The molecule has 0 saturated carbocycles. The Bertz CT molecular complexity index is 974. The fourth-order valence-electron chi connectivity index (χ4n) is 2.80. The molecule has 28 heavy (non-hydrogen) atoms. The number of anilines is 1. The summed E-state index contributed by atoms with van der Waals surface area (Å²) in [6.45, 7) is 8.40. The van der Waals surface area contributed by atoms with Gasteiger partial charge in [0.15, 0.2) is 0 Å². The first-order chi connectivity index (χ1) is 12.8. The van der Waals surface area contributed by atoms with Gasteiger partial charge in [-0.3, -0.25) is 14.4 Å². The van der Waals surface area contributed by atoms with E-state index in [0.717, 1.165) is 0 Å². The van der Waals surface area contributed by atoms with Gasteiger partial charge in [0, 0.05) is 18.3 Å². The lowest BCUT2D eigenvalue weighted by Gasteiger charge is -2.20. The Balaban J connectivity index is 2.38. The summed E-state index contributed by atoms with van der Waals surface area (Å²) in [4.78, 5) is 37.6. The number of Topliss-reactive ketones (excluding diaryl/α,β-unsaturated/α-hetero) is 1. The van der Waals surface area contributed by atoms with Crippen LogP contribution in [-0.2, 0) is 11.8 Å². The summed E-state index contributed by atoms with van der Waals surface area (Å²) in [5.74, 6) is -2.51. The van der Waals surface area contributed by atoms with Gasteiger partial charge in [0.1, 0.15) is 11.0 Å². The summed E-state index contributed by atoms with van der Waals surface area (Å²) in [6.07, 6.45) is 0. The van der Waals surface area contributed by atoms with Crippen LogP contribution in [0.2, 0.25) is 5.15 Å². The van der Waals surface area contributed by atoms with Crippen LogP contribution in [0.15, 0.2) is 18.2 Å². The number of hydrogen-bond donors (Lipinski definition) is 2. The summed E-state index contributed by atoms with van der Waals surface area (Å²) < 4.78 is 14.7. The zero-order valence-corrected chi connectivity index (χ0v) is 17.4. The quantitative estimate of drug-likeness (QED) is 0.597. The van der Waals surface area contributed by atoms with Crippen LogP contribution in [0.5, 0.6) is 0 Å². The van der Waals surface area contributed by atoms with E-state index in [2.05, 4.69) is 10.6 Å². The van der Waals surface area contributed by atoms with Gasteiger partial charge in [-0.2, -0.15) is 0 Å². The molecule has 1 aromatic heterocycles. The standard InChI is InChI=1S/C20H23ClFN3O3/c1-10-9-12(7-8-13(10)22)23-18(27)14-11(2)15(25(6)17(14)21)16(26)19(28)24-20(3,4)5/h7-9H,1-6H3,(H,23,27)(H,24,28). The van der Waals surface area contributed by atoms with Gasteiger partial charge in [-0.25, -0.2) is 4.39 Å². The Morgan fingerprint density at radius 1 is 1.14 bits per heavy atom. The second kappa shape index (κ2) is 7.75. The molecule has 0 spiro atoms. The summed E-state index contributed by atoms with van der Waals surface area (Å²) in [5.41, 5.74) is 0.587. The molecule has 150 valence electrons. The number of ketones is 1. The second-order valence-corrected chi connectivity index (χ2v) is 8.01. The van der Waals surface area contributed by atoms with Crippen LogP contribution < -0.4 is 10.6 Å². The van der Waals surface area contributed by atoms with Gasteiger partial charge in [0.05, 0.1) is 11.3 Å². The number of carbonyl (C=O) groups is 3. The molecule has 6 nitrogen and oxygen atoms in total. The Kier molecular flexibility index (Phi) is 5.99. The molecule has 2 N–H and O–H groups in total. The first-order valence-corrected chi connectivity index (χ1v) is 9.00. The van der Waals surface area contributed by atoms with E-state index >= 15 is 0 Å². The Morgan fingerprint density at radius 3 is 2.29 bits per heavy atom. The predicted molar refractivity (Wildman–Crippen MR) is 106 cm³/mol. The van der Waals surface area contributed by atoms with E-state index in [1.165, 1.54) is 29.8 Å². The van der Waals surface area contributed by atoms with Crippen molar-refractivity contribution in [2.45, 2.75) is 40.2 Å². The predicted octanol–water partition coefficient (Wildman–Crippen LogP) is 3.78. The van der Waals surface area contributed by atoms with Gasteiger partial charge in [-0.05, 0) is 63.9 Å². The highest BCUT2D eigenvalue weighted by molar-refractivity contribution is 6.44. The van der Waals surface area contributed by atoms with Crippen molar-refractivity contribution in [3.8, 4) is 0 Å². The molecule has 0 aliphatic heterocycles. The van der Waals surface area contributed by atoms with Gasteiger partial charge < -0.3 is 15.2 Å². The molecular formula is C20H23ClFN3O3. The van der Waals surface area contributed by atoms with Crippen molar-refractivity contribution in [2.75, 3.05) is 5.32 Å². The van der Waals surface area contributed by atoms with Gasteiger partial charge in [-0.1, -0.05) is 11.6 Å². The van der Waals surface area contributed by atoms with Crippen molar-refractivity contribution >= 4 is 34.9 Å². The van der Waals surface area contributed by atoms with E-state index in [1.807, 2.05) is 0 Å². The molecule has 2 aromatic rings. The zero-order valence-electron chi connectivity index (χ0n) is 16.7. The van der Waals surface area contributed by atoms with Crippen molar-refractivity contribution in [3.05, 3.63) is 51.6 Å². The fraction of sp³-hybridized carbons (Fsp3) is 0.350. The number of hydrogen-bond acceptors (Lipinski definition) is 3. The average molecular weight is 408 g/mol. The molecule has 0 aliphatic carbocycles. The van der Waals surface area contributed by atoms with Gasteiger partial charge in [-0.15, -0.1) is 0 Å². The number of nitrogens with zero attached hydrogens (tertiary/aromatic N) is 1. The number of nitrogens with one attached hydrogen (secondary N) is 2. The van der Waals surface area contributed by atoms with Crippen molar-refractivity contribution in [1.29, 1.82) is 0 Å². The molecule has 0 fully saturated rings. The maximum atomic E-state index is 13.4. The molecule has 2 rings (SSSR count). The molecule has 1 aromatic carbocycles. The number of halogens is 2. The molecule has 0 atom stereocenters. The summed E-state index contributed by atoms with van der Waals surface area (Å²) in [7, 11) is 1.51. The van der Waals surface area contributed by atoms with E-state index in [0.29, 0.717) is 11.3 Å². The van der Waals surface area contributed by atoms with Crippen molar-refractivity contribution in [2.24, 2.45) is 7.05 Å². The third kappa shape index (κ3) is 4.42. The first kappa shape index (κ1) is 21.6. The number of carbonyl (C=O) groups excluding carboxylic acids is 3. The molecule has 2 amide bonds. The third-order valence-electron chi connectivity index (χ3n) is 4.12. The van der Waals surface area contributed by atoms with Crippen LogP contribution in [0.3, 0.4) is 0 Å². The molecule has 1 heterocycles. The van der Waals surface area contributed by atoms with E-state index in [9.17, 15) is 18.8 Å². The highest BCUT2D eigenvalue weighted by Gasteiger charge is 2.30. The molecule has 0 unspecified atom stereocenters. The Morgan fingerprint density at radius 2 is 1.75 bits per heavy atom. The molecular weight excluding hydrogens is 385 g/mol. The van der Waals surface area contributed by atoms with Crippen molar-refractivity contribution in [1.82, 2.24) is 9.88 Å². The largest absolute Gasteiger partial charge is 0.345 e. The SMILES string of the molecule is Cc1cc(NC(=O)c2c(C)c(C(=O)C(=O)NC(C)(C)C)n(C)c2Cl)ccc1F. The monoisotopic (exact) mass is 407 g/mol. The van der Waals surface area contributed by atoms with Gasteiger partial charge in [0.25, 0.3) is 17.6 Å². The molecule has 0 bridgehead atoms. The van der Waals surface area contributed by atoms with Gasteiger partial charge in [0.2, 0.25) is 0 Å². The normalized spacial score (nSPS) is 11.3. The third-order valence-corrected chi connectivity index (χ3v) is 4.56. The van der Waals surface area contributed by atoms with Crippen molar-refractivity contribution in [3.63, 3.8) is 0 Å². The van der Waals surface area contributed by atoms with E-state index < -0.39 is 23.1 Å². The highest BCUT2D eigenvalue weighted by atomic mass is 35.5. The summed E-state index contributed by atoms with van der Waals surface area (Å²) in [5, 5.41) is 5.27. The summed E-state index contributed by atoms with van der Waals surface area (Å²) >= 11 is 6.28. The van der Waals surface area contributed by atoms with Crippen LogP contribution in [0, 0.1) is 19.7 Å². The minimum Gasteiger partial charge on any atom is -0.345 e. The first-order valence-electron chi connectivity index (χ1n) is 8.62. The average Bonchev–Trinajstić information content (AvgIpc) is 2.78. The summed E-state index contributed by atoms with van der Waals surface area (Å²) in [6, 6.07) is 4.16. The molecule has 8 heteroatoms. The number of benzene rings is 1. The van der Waals surface area contributed by atoms with Crippen LogP contribution in [-0.4, -0.2) is 27.7 Å². The minimum absolute atomic E-state index is 0.0285. The van der Waals surface area contributed by atoms with E-state index in [4.69, 9.17) is 11.6 Å². The van der Waals surface area contributed by atoms with Crippen molar-refractivity contribution < 1.29 is 18.8 Å². The van der Waals surface area contributed by atoms with Crippen LogP contribution >= 0.6 is 11.6 Å². The van der Waals surface area contributed by atoms with E-state index in [-0.39, 0.29) is 27.8 Å². The molecule has 0 aliphatic rings. The lowest BCUT2D eigenvalue weighted by Crippen LogP contribution is -2.44. The fourth-order valence-corrected chi connectivity index (χ4v) is 3.11. The number of rotatable bonds is 4. The zero-order chi connectivity index (χ0) is 21.4.